The maximum atomic E-state index is 11.6. The number of hydrogen-bond donors (Lipinski definition) is 3. The maximum Gasteiger partial charge on any atom is 0.339 e. The summed E-state index contributed by atoms with van der Waals surface area (Å²) in [6, 6.07) is 1.13. The summed E-state index contributed by atoms with van der Waals surface area (Å²) in [5.74, 6) is -0.944. The molecule has 0 spiro atoms. The van der Waals surface area contributed by atoms with Crippen LogP contribution in [0.25, 0.3) is 5.00 Å². The number of carbonyl (C=O) groups is 2. The zero-order valence-corrected chi connectivity index (χ0v) is 14.1. The number of hydrogen-bond acceptors (Lipinski definition) is 4. The van der Waals surface area contributed by atoms with Gasteiger partial charge in [0, 0.05) is 21.8 Å². The third-order valence-electron chi connectivity index (χ3n) is 3.63. The maximum absolute atomic E-state index is 11.6. The van der Waals surface area contributed by atoms with Crippen molar-refractivity contribution in [1.29, 1.82) is 0 Å². The van der Waals surface area contributed by atoms with Crippen molar-refractivity contribution in [2.75, 3.05) is 0 Å². The molecule has 7 nitrogen and oxygen atoms in total. The van der Waals surface area contributed by atoms with Crippen molar-refractivity contribution < 1.29 is 14.7 Å². The van der Waals surface area contributed by atoms with E-state index in [2.05, 4.69) is 10.5 Å². The van der Waals surface area contributed by atoms with E-state index in [0.29, 0.717) is 10.6 Å². The number of amides is 2. The molecule has 2 aromatic heterocycles. The van der Waals surface area contributed by atoms with E-state index in [9.17, 15) is 14.7 Å². The molecule has 122 valence electrons. The van der Waals surface area contributed by atoms with Crippen LogP contribution in [0.3, 0.4) is 0 Å². The zero-order valence-electron chi connectivity index (χ0n) is 13.3. The number of carbonyl (C=O) groups excluding carboxylic acids is 1. The summed E-state index contributed by atoms with van der Waals surface area (Å²) in [4.78, 5) is 23.2. The first-order valence-electron chi connectivity index (χ1n) is 6.85. The number of nitrogens with two attached hydrogens (primary N) is 1. The summed E-state index contributed by atoms with van der Waals surface area (Å²) in [6.07, 6.45) is 1.48. The van der Waals surface area contributed by atoms with Gasteiger partial charge in [0.05, 0.1) is 11.8 Å². The molecule has 0 aromatic carbocycles. The predicted octanol–water partition coefficient (Wildman–Crippen LogP) is 2.47. The summed E-state index contributed by atoms with van der Waals surface area (Å²) in [5, 5.41) is 13.9. The van der Waals surface area contributed by atoms with Gasteiger partial charge >= 0.3 is 12.0 Å². The van der Waals surface area contributed by atoms with Crippen LogP contribution in [-0.4, -0.2) is 27.9 Å². The summed E-state index contributed by atoms with van der Waals surface area (Å²) < 4.78 is 1.89. The Labute approximate surface area is 137 Å². The third-order valence-corrected chi connectivity index (χ3v) is 4.82. The first-order valence-corrected chi connectivity index (χ1v) is 7.66. The Morgan fingerprint density at radius 3 is 2.57 bits per heavy atom. The minimum atomic E-state index is -0.944. The van der Waals surface area contributed by atoms with Crippen LogP contribution in [-0.2, 0) is 0 Å². The number of hydrazone groups is 1. The molecule has 0 saturated carbocycles. The summed E-state index contributed by atoms with van der Waals surface area (Å²) in [7, 11) is 0. The predicted molar refractivity (Wildman–Crippen MR) is 89.9 cm³/mol. The highest BCUT2D eigenvalue weighted by Gasteiger charge is 2.22. The number of carboxylic acid groups (broad SMARTS) is 1. The van der Waals surface area contributed by atoms with Crippen LogP contribution in [0.1, 0.15) is 37.7 Å². The number of primary amides is 1. The minimum Gasteiger partial charge on any atom is -0.478 e. The van der Waals surface area contributed by atoms with E-state index in [1.807, 2.05) is 38.3 Å². The molecule has 2 rings (SSSR count). The lowest BCUT2D eigenvalue weighted by Crippen LogP contribution is -2.24. The second kappa shape index (κ2) is 6.25. The average Bonchev–Trinajstić information content (AvgIpc) is 2.87. The van der Waals surface area contributed by atoms with E-state index in [1.54, 1.807) is 0 Å². The SMILES string of the molecule is Cc1sc(-n2c(C)cc(/C=N/NC(N)=O)c2C)c(C(=O)O)c1C. The van der Waals surface area contributed by atoms with Gasteiger partial charge in [0.25, 0.3) is 0 Å². The Kier molecular flexibility index (Phi) is 4.55. The Hall–Kier alpha value is -2.61. The third kappa shape index (κ3) is 3.11. The van der Waals surface area contributed by atoms with Crippen molar-refractivity contribution in [2.45, 2.75) is 27.7 Å². The number of nitrogens with one attached hydrogen (secondary N) is 1. The topological polar surface area (TPSA) is 110 Å². The molecule has 0 aliphatic rings. The lowest BCUT2D eigenvalue weighted by atomic mass is 10.1. The number of thiophene rings is 1. The van der Waals surface area contributed by atoms with Gasteiger partial charge in [-0.1, -0.05) is 0 Å². The Morgan fingerprint density at radius 2 is 2.00 bits per heavy atom. The molecule has 0 radical (unpaired) electrons. The lowest BCUT2D eigenvalue weighted by molar-refractivity contribution is 0.0696. The van der Waals surface area contributed by atoms with Gasteiger partial charge in [-0.2, -0.15) is 5.10 Å². The van der Waals surface area contributed by atoms with E-state index < -0.39 is 12.0 Å². The van der Waals surface area contributed by atoms with Crippen LogP contribution in [0.5, 0.6) is 0 Å². The average molecular weight is 334 g/mol. The fourth-order valence-electron chi connectivity index (χ4n) is 2.41. The quantitative estimate of drug-likeness (QED) is 0.590. The van der Waals surface area contributed by atoms with Crippen LogP contribution < -0.4 is 11.2 Å². The highest BCUT2D eigenvalue weighted by molar-refractivity contribution is 7.15. The van der Waals surface area contributed by atoms with Crippen molar-refractivity contribution in [3.05, 3.63) is 39.0 Å². The van der Waals surface area contributed by atoms with Gasteiger partial charge in [-0.25, -0.2) is 15.0 Å². The standard InChI is InChI=1S/C15H18N4O3S/c1-7-5-11(6-17-18-15(16)22)9(3)19(7)13-12(14(20)21)8(2)10(4)23-13/h5-6H,1-4H3,(H,20,21)(H3,16,18,22)/b17-6+. The number of aryl methyl sites for hydroxylation is 2. The summed E-state index contributed by atoms with van der Waals surface area (Å²) >= 11 is 1.44. The second-order valence-electron chi connectivity index (χ2n) is 5.16. The van der Waals surface area contributed by atoms with E-state index in [4.69, 9.17) is 5.73 Å². The van der Waals surface area contributed by atoms with E-state index in [-0.39, 0.29) is 0 Å². The molecule has 0 bridgehead atoms. The fourth-order valence-corrected chi connectivity index (χ4v) is 3.67. The molecule has 0 saturated heterocycles. The Morgan fingerprint density at radius 1 is 1.35 bits per heavy atom. The van der Waals surface area contributed by atoms with E-state index in [0.717, 1.165) is 27.4 Å². The van der Waals surface area contributed by atoms with Gasteiger partial charge in [0.2, 0.25) is 0 Å². The number of aromatic carboxylic acids is 1. The molecule has 4 N–H and O–H groups in total. The molecule has 0 atom stereocenters. The monoisotopic (exact) mass is 334 g/mol. The largest absolute Gasteiger partial charge is 0.478 e. The van der Waals surface area contributed by atoms with Crippen LogP contribution in [0.4, 0.5) is 4.79 Å². The van der Waals surface area contributed by atoms with Crippen molar-refractivity contribution in [1.82, 2.24) is 9.99 Å². The van der Waals surface area contributed by atoms with Gasteiger partial charge in [0.15, 0.2) is 0 Å². The molecule has 0 fully saturated rings. The second-order valence-corrected chi connectivity index (χ2v) is 6.37. The van der Waals surface area contributed by atoms with Gasteiger partial charge in [-0.05, 0) is 39.3 Å². The van der Waals surface area contributed by atoms with E-state index >= 15 is 0 Å². The molecule has 8 heteroatoms. The van der Waals surface area contributed by atoms with Gasteiger partial charge in [0.1, 0.15) is 5.00 Å². The first kappa shape index (κ1) is 16.8. The molecule has 2 amide bonds. The molecule has 23 heavy (non-hydrogen) atoms. The summed E-state index contributed by atoms with van der Waals surface area (Å²) in [6.45, 7) is 7.48. The molecule has 2 heterocycles. The molecular formula is C15H18N4O3S. The lowest BCUT2D eigenvalue weighted by Gasteiger charge is -2.08. The molecule has 0 aliphatic carbocycles. The highest BCUT2D eigenvalue weighted by atomic mass is 32.1. The smallest absolute Gasteiger partial charge is 0.339 e. The van der Waals surface area contributed by atoms with Crippen molar-refractivity contribution in [2.24, 2.45) is 10.8 Å². The summed E-state index contributed by atoms with van der Waals surface area (Å²) in [5.41, 5.74) is 10.7. The van der Waals surface area contributed by atoms with Crippen LogP contribution in [0.15, 0.2) is 11.2 Å². The number of nitrogens with zero attached hydrogens (tertiary/aromatic N) is 2. The van der Waals surface area contributed by atoms with Crippen LogP contribution >= 0.6 is 11.3 Å². The Balaban J connectivity index is 2.56. The Bertz CT molecular complexity index is 817. The molecule has 0 unspecified atom stereocenters. The fraction of sp³-hybridized carbons (Fsp3) is 0.267. The number of carboxylic acids is 1. The van der Waals surface area contributed by atoms with Gasteiger partial charge in [-0.3, -0.25) is 0 Å². The number of aromatic nitrogens is 1. The molecule has 2 aromatic rings. The minimum absolute atomic E-state index is 0.313. The van der Waals surface area contributed by atoms with Crippen molar-refractivity contribution in [3.8, 4) is 5.00 Å². The van der Waals surface area contributed by atoms with E-state index in [1.165, 1.54) is 17.6 Å². The zero-order chi connectivity index (χ0) is 17.3. The van der Waals surface area contributed by atoms with Gasteiger partial charge in [-0.15, -0.1) is 11.3 Å². The van der Waals surface area contributed by atoms with Crippen molar-refractivity contribution >= 4 is 29.6 Å². The number of urea groups is 1. The van der Waals surface area contributed by atoms with Gasteiger partial charge < -0.3 is 15.4 Å². The first-order chi connectivity index (χ1) is 10.7. The number of rotatable bonds is 4. The molecular weight excluding hydrogens is 316 g/mol. The molecule has 0 aliphatic heterocycles. The normalized spacial score (nSPS) is 11.1. The van der Waals surface area contributed by atoms with Crippen LogP contribution in [0, 0.1) is 27.7 Å². The van der Waals surface area contributed by atoms with Crippen LogP contribution in [0.2, 0.25) is 0 Å². The van der Waals surface area contributed by atoms with Crippen molar-refractivity contribution in [3.63, 3.8) is 0 Å². The highest BCUT2D eigenvalue weighted by Crippen LogP contribution is 2.33.